The number of rotatable bonds is 3. The average molecular weight is 343 g/mol. The molecule has 1 aliphatic heterocycles. The van der Waals surface area contributed by atoms with Crippen molar-refractivity contribution in [2.24, 2.45) is 16.2 Å². The molecule has 0 spiro atoms. The Kier molecular flexibility index (Phi) is 8.04. The van der Waals surface area contributed by atoms with Crippen LogP contribution >= 0.6 is 0 Å². The van der Waals surface area contributed by atoms with Gasteiger partial charge < -0.3 is 21.0 Å². The first kappa shape index (κ1) is 20.8. The van der Waals surface area contributed by atoms with Crippen molar-refractivity contribution in [3.05, 3.63) is 0 Å². The summed E-state index contributed by atoms with van der Waals surface area (Å²) in [5, 5.41) is 32.6. The number of nitrogens with one attached hydrogen (secondary N) is 3. The van der Waals surface area contributed by atoms with E-state index in [9.17, 15) is 10.4 Å². The molecule has 0 unspecified atom stereocenters. The highest BCUT2D eigenvalue weighted by molar-refractivity contribution is 6.11. The number of nitrogens with zero attached hydrogens (tertiary/aromatic N) is 3. The lowest BCUT2D eigenvalue weighted by molar-refractivity contribution is 0.255. The van der Waals surface area contributed by atoms with Gasteiger partial charge in [0, 0.05) is 45.7 Å². The van der Waals surface area contributed by atoms with Gasteiger partial charge in [0.2, 0.25) is 0 Å². The van der Waals surface area contributed by atoms with Crippen molar-refractivity contribution in [1.82, 2.24) is 21.0 Å². The van der Waals surface area contributed by atoms with Gasteiger partial charge in [0.15, 0.2) is 0 Å². The van der Waals surface area contributed by atoms with E-state index in [-0.39, 0.29) is 6.42 Å². The standard InChI is InChI=1S/C15H33N7O2/c1-14(2)12(20-23)11-13(21-24)15(3,4)18-6-9-22(8-5-17-14)10-7-19-16/h17-19,23-24H,5-11,16H2,1-4H3/b20-12-,21-13-. The third kappa shape index (κ3) is 5.99. The second-order valence-electron chi connectivity index (χ2n) is 7.17. The fourth-order valence-corrected chi connectivity index (χ4v) is 2.74. The van der Waals surface area contributed by atoms with E-state index < -0.39 is 11.1 Å². The third-order valence-electron chi connectivity index (χ3n) is 4.58. The summed E-state index contributed by atoms with van der Waals surface area (Å²) in [4.78, 5) is 2.29. The number of oxime groups is 2. The Labute approximate surface area is 144 Å². The van der Waals surface area contributed by atoms with Gasteiger partial charge in [-0.15, -0.1) is 0 Å². The van der Waals surface area contributed by atoms with E-state index >= 15 is 0 Å². The summed E-state index contributed by atoms with van der Waals surface area (Å²) in [5.41, 5.74) is 2.70. The zero-order valence-corrected chi connectivity index (χ0v) is 15.3. The summed E-state index contributed by atoms with van der Waals surface area (Å²) in [6.45, 7) is 12.5. The lowest BCUT2D eigenvalue weighted by Gasteiger charge is -2.34. The van der Waals surface area contributed by atoms with Crippen LogP contribution in [0.3, 0.4) is 0 Å². The lowest BCUT2D eigenvalue weighted by atomic mass is 9.87. The zero-order valence-electron chi connectivity index (χ0n) is 15.3. The monoisotopic (exact) mass is 343 g/mol. The highest BCUT2D eigenvalue weighted by Crippen LogP contribution is 2.16. The Hall–Kier alpha value is -1.26. The molecule has 0 atom stereocenters. The minimum Gasteiger partial charge on any atom is -0.411 e. The van der Waals surface area contributed by atoms with Crippen LogP contribution in [0.5, 0.6) is 0 Å². The molecular weight excluding hydrogens is 310 g/mol. The molecule has 0 aromatic heterocycles. The van der Waals surface area contributed by atoms with Gasteiger partial charge in [0.05, 0.1) is 22.5 Å². The van der Waals surface area contributed by atoms with E-state index in [0.29, 0.717) is 18.0 Å². The van der Waals surface area contributed by atoms with Crippen molar-refractivity contribution < 1.29 is 10.4 Å². The van der Waals surface area contributed by atoms with Gasteiger partial charge >= 0.3 is 0 Å². The molecule has 9 heteroatoms. The minimum absolute atomic E-state index is 0.286. The van der Waals surface area contributed by atoms with Crippen molar-refractivity contribution in [3.8, 4) is 0 Å². The predicted molar refractivity (Wildman–Crippen MR) is 95.9 cm³/mol. The molecule has 1 rings (SSSR count). The number of nitrogens with two attached hydrogens (primary N) is 1. The van der Waals surface area contributed by atoms with Gasteiger partial charge in [0.1, 0.15) is 0 Å². The maximum atomic E-state index is 9.44. The van der Waals surface area contributed by atoms with Gasteiger partial charge in [-0.1, -0.05) is 10.3 Å². The maximum Gasteiger partial charge on any atom is 0.0823 e. The van der Waals surface area contributed by atoms with Crippen molar-refractivity contribution in [2.75, 3.05) is 39.3 Å². The van der Waals surface area contributed by atoms with E-state index in [0.717, 1.165) is 32.7 Å². The molecule has 9 nitrogen and oxygen atoms in total. The molecule has 24 heavy (non-hydrogen) atoms. The molecule has 0 bridgehead atoms. The molecule has 1 saturated heterocycles. The normalized spacial score (nSPS) is 26.9. The van der Waals surface area contributed by atoms with Crippen LogP contribution in [0.25, 0.3) is 0 Å². The van der Waals surface area contributed by atoms with Crippen LogP contribution in [-0.4, -0.2) is 77.1 Å². The van der Waals surface area contributed by atoms with E-state index in [1.54, 1.807) is 0 Å². The largest absolute Gasteiger partial charge is 0.411 e. The van der Waals surface area contributed by atoms with Crippen molar-refractivity contribution in [1.29, 1.82) is 0 Å². The topological polar surface area (TPSA) is 131 Å². The second-order valence-corrected chi connectivity index (χ2v) is 7.17. The molecule has 0 aromatic rings. The highest BCUT2D eigenvalue weighted by Gasteiger charge is 2.33. The molecule has 0 radical (unpaired) electrons. The molecule has 7 N–H and O–H groups in total. The fourth-order valence-electron chi connectivity index (χ4n) is 2.74. The quantitative estimate of drug-likeness (QED) is 0.232. The smallest absolute Gasteiger partial charge is 0.0823 e. The third-order valence-corrected chi connectivity index (χ3v) is 4.58. The van der Waals surface area contributed by atoms with Crippen molar-refractivity contribution >= 4 is 11.4 Å². The van der Waals surface area contributed by atoms with Gasteiger partial charge in [-0.3, -0.25) is 16.2 Å². The molecule has 0 saturated carbocycles. The molecule has 140 valence electrons. The Morgan fingerprint density at radius 1 is 1.04 bits per heavy atom. The van der Waals surface area contributed by atoms with Crippen LogP contribution in [0.2, 0.25) is 0 Å². The van der Waals surface area contributed by atoms with Crippen LogP contribution in [0.1, 0.15) is 34.1 Å². The van der Waals surface area contributed by atoms with E-state index in [4.69, 9.17) is 5.84 Å². The molecular formula is C15H33N7O2. The summed E-state index contributed by atoms with van der Waals surface area (Å²) < 4.78 is 0. The van der Waals surface area contributed by atoms with Gasteiger partial charge in [-0.05, 0) is 27.7 Å². The van der Waals surface area contributed by atoms with E-state index in [2.05, 4.69) is 31.3 Å². The molecule has 0 aromatic carbocycles. The molecule has 1 heterocycles. The van der Waals surface area contributed by atoms with Crippen LogP contribution in [0.4, 0.5) is 0 Å². The second kappa shape index (κ2) is 9.28. The summed E-state index contributed by atoms with van der Waals surface area (Å²) in [7, 11) is 0. The van der Waals surface area contributed by atoms with E-state index in [1.165, 1.54) is 0 Å². The Morgan fingerprint density at radius 3 is 1.88 bits per heavy atom. The minimum atomic E-state index is -0.516. The van der Waals surface area contributed by atoms with Crippen LogP contribution in [-0.2, 0) is 0 Å². The summed E-state index contributed by atoms with van der Waals surface area (Å²) in [6.07, 6.45) is 0.286. The number of hydrogen-bond acceptors (Lipinski definition) is 9. The maximum absolute atomic E-state index is 9.44. The first-order valence-corrected chi connectivity index (χ1v) is 8.35. The molecule has 0 aliphatic carbocycles. The van der Waals surface area contributed by atoms with Crippen LogP contribution in [0.15, 0.2) is 10.3 Å². The summed E-state index contributed by atoms with van der Waals surface area (Å²) >= 11 is 0. The zero-order chi connectivity index (χ0) is 18.2. The SMILES string of the molecule is CC1(C)NCCN(CCNN)CCNC(C)(C)/C(=N\O)C/C1=N/O. The Morgan fingerprint density at radius 2 is 1.50 bits per heavy atom. The molecule has 0 amide bonds. The average Bonchev–Trinajstić information content (AvgIpc) is 2.51. The fraction of sp³-hybridized carbons (Fsp3) is 0.867. The molecule has 1 fully saturated rings. The first-order chi connectivity index (χ1) is 11.3. The summed E-state index contributed by atoms with van der Waals surface area (Å²) in [5.74, 6) is 5.38. The lowest BCUT2D eigenvalue weighted by Crippen LogP contribution is -2.56. The Bertz CT molecular complexity index is 413. The number of hydrogen-bond donors (Lipinski definition) is 6. The van der Waals surface area contributed by atoms with Crippen LogP contribution < -0.4 is 21.9 Å². The first-order valence-electron chi connectivity index (χ1n) is 8.35. The van der Waals surface area contributed by atoms with Crippen LogP contribution in [0, 0.1) is 0 Å². The van der Waals surface area contributed by atoms with Gasteiger partial charge in [-0.25, -0.2) is 0 Å². The van der Waals surface area contributed by atoms with Gasteiger partial charge in [0.25, 0.3) is 0 Å². The predicted octanol–water partition coefficient (Wildman–Crippen LogP) is -0.448. The Balaban J connectivity index is 2.98. The van der Waals surface area contributed by atoms with E-state index in [1.807, 2.05) is 27.7 Å². The molecule has 1 aliphatic rings. The highest BCUT2D eigenvalue weighted by atomic mass is 16.4. The van der Waals surface area contributed by atoms with Gasteiger partial charge in [-0.2, -0.15) is 0 Å². The number of hydrazine groups is 1. The van der Waals surface area contributed by atoms with Crippen molar-refractivity contribution in [2.45, 2.75) is 45.2 Å². The van der Waals surface area contributed by atoms with Crippen molar-refractivity contribution in [3.63, 3.8) is 0 Å². The summed E-state index contributed by atoms with van der Waals surface area (Å²) in [6, 6.07) is 0.